The number of hydrogen-bond donors (Lipinski definition) is 1. The van der Waals surface area contributed by atoms with Gasteiger partial charge in [-0.3, -0.25) is 9.59 Å². The molecule has 7 heteroatoms. The molecule has 0 saturated carbocycles. The maximum Gasteiger partial charge on any atom is 0.227 e. The van der Waals surface area contributed by atoms with Gasteiger partial charge in [0.05, 0.1) is 12.2 Å². The monoisotopic (exact) mass is 408 g/mol. The van der Waals surface area contributed by atoms with Crippen molar-refractivity contribution in [3.8, 4) is 5.75 Å². The lowest BCUT2D eigenvalue weighted by molar-refractivity contribution is -0.125. The Bertz CT molecular complexity index is 878. The largest absolute Gasteiger partial charge is 0.490 e. The Morgan fingerprint density at radius 2 is 1.83 bits per heavy atom. The quantitative estimate of drug-likeness (QED) is 0.796. The molecule has 0 aliphatic carbocycles. The number of hydrogen-bond acceptors (Lipinski definition) is 5. The number of anilines is 2. The number of nitrogens with zero attached hydrogens (tertiary/aromatic N) is 3. The van der Waals surface area contributed by atoms with Crippen molar-refractivity contribution in [3.63, 3.8) is 0 Å². The minimum Gasteiger partial charge on any atom is -0.490 e. The molecule has 1 fully saturated rings. The standard InChI is InChI=1S/C23H28N4O3/c28-22(10-11-23(29)27-14-15-30-20-7-3-2-6-19(20)27)25-17-18-8-9-21(24-16-18)26-12-4-1-5-13-26/h2-3,6-9,16H,1,4-5,10-15,17H2,(H,25,28). The maximum absolute atomic E-state index is 12.6. The van der Waals surface area contributed by atoms with Crippen molar-refractivity contribution in [1.82, 2.24) is 10.3 Å². The summed E-state index contributed by atoms with van der Waals surface area (Å²) in [5.74, 6) is 1.52. The van der Waals surface area contributed by atoms with Crippen LogP contribution in [0.15, 0.2) is 42.6 Å². The third kappa shape index (κ3) is 4.90. The van der Waals surface area contributed by atoms with Crippen LogP contribution in [0.5, 0.6) is 5.75 Å². The number of benzene rings is 1. The van der Waals surface area contributed by atoms with Crippen molar-refractivity contribution in [2.24, 2.45) is 0 Å². The number of piperidine rings is 1. The zero-order valence-electron chi connectivity index (χ0n) is 17.2. The molecule has 0 spiro atoms. The third-order valence-electron chi connectivity index (χ3n) is 5.57. The van der Waals surface area contributed by atoms with Gasteiger partial charge in [0.15, 0.2) is 0 Å². The van der Waals surface area contributed by atoms with Gasteiger partial charge < -0.3 is 19.9 Å². The molecule has 158 valence electrons. The van der Waals surface area contributed by atoms with Crippen LogP contribution in [-0.4, -0.2) is 43.0 Å². The molecule has 0 atom stereocenters. The molecule has 0 unspecified atom stereocenters. The predicted octanol–water partition coefficient (Wildman–Crippen LogP) is 2.89. The van der Waals surface area contributed by atoms with Gasteiger partial charge in [-0.2, -0.15) is 0 Å². The van der Waals surface area contributed by atoms with Gasteiger partial charge in [-0.25, -0.2) is 4.98 Å². The van der Waals surface area contributed by atoms with Gasteiger partial charge >= 0.3 is 0 Å². The van der Waals surface area contributed by atoms with Crippen LogP contribution in [0, 0.1) is 0 Å². The second kappa shape index (κ2) is 9.61. The zero-order valence-corrected chi connectivity index (χ0v) is 17.2. The van der Waals surface area contributed by atoms with Crippen LogP contribution in [0.2, 0.25) is 0 Å². The average molecular weight is 409 g/mol. The summed E-state index contributed by atoms with van der Waals surface area (Å²) in [5.41, 5.74) is 1.73. The lowest BCUT2D eigenvalue weighted by Crippen LogP contribution is -2.38. The number of pyridine rings is 1. The van der Waals surface area contributed by atoms with E-state index < -0.39 is 0 Å². The van der Waals surface area contributed by atoms with Crippen LogP contribution in [0.1, 0.15) is 37.7 Å². The summed E-state index contributed by atoms with van der Waals surface area (Å²) in [5, 5.41) is 2.89. The Balaban J connectivity index is 1.23. The summed E-state index contributed by atoms with van der Waals surface area (Å²) in [6.45, 7) is 3.51. The van der Waals surface area contributed by atoms with Gasteiger partial charge in [-0.1, -0.05) is 18.2 Å². The van der Waals surface area contributed by atoms with Crippen molar-refractivity contribution in [1.29, 1.82) is 0 Å². The number of aromatic nitrogens is 1. The Hall–Kier alpha value is -3.09. The van der Waals surface area contributed by atoms with E-state index in [1.54, 1.807) is 4.90 Å². The number of para-hydroxylation sites is 2. The molecular weight excluding hydrogens is 380 g/mol. The van der Waals surface area contributed by atoms with Gasteiger partial charge in [0.25, 0.3) is 0 Å². The highest BCUT2D eigenvalue weighted by Gasteiger charge is 2.23. The maximum atomic E-state index is 12.6. The molecule has 0 radical (unpaired) electrons. The molecular formula is C23H28N4O3. The minimum atomic E-state index is -0.134. The summed E-state index contributed by atoms with van der Waals surface area (Å²) < 4.78 is 5.58. The molecule has 2 aliphatic rings. The van der Waals surface area contributed by atoms with Crippen molar-refractivity contribution < 1.29 is 14.3 Å². The van der Waals surface area contributed by atoms with Crippen LogP contribution >= 0.6 is 0 Å². The van der Waals surface area contributed by atoms with Gasteiger partial charge in [0.1, 0.15) is 18.2 Å². The fourth-order valence-corrected chi connectivity index (χ4v) is 3.90. The van der Waals surface area contributed by atoms with E-state index in [0.717, 1.165) is 30.2 Å². The van der Waals surface area contributed by atoms with Gasteiger partial charge in [0, 0.05) is 38.7 Å². The molecule has 7 nitrogen and oxygen atoms in total. The summed E-state index contributed by atoms with van der Waals surface area (Å²) in [4.78, 5) is 33.4. The first-order valence-corrected chi connectivity index (χ1v) is 10.7. The summed E-state index contributed by atoms with van der Waals surface area (Å²) in [6, 6.07) is 11.5. The van der Waals surface area contributed by atoms with Crippen LogP contribution < -0.4 is 19.9 Å². The van der Waals surface area contributed by atoms with Crippen LogP contribution in [0.4, 0.5) is 11.5 Å². The van der Waals surface area contributed by atoms with E-state index in [2.05, 4.69) is 15.2 Å². The van der Waals surface area contributed by atoms with Crippen molar-refractivity contribution in [2.75, 3.05) is 36.0 Å². The lowest BCUT2D eigenvalue weighted by Gasteiger charge is -2.29. The molecule has 2 aliphatic heterocycles. The number of carbonyl (C=O) groups is 2. The second-order valence-corrected chi connectivity index (χ2v) is 7.71. The number of ether oxygens (including phenoxy) is 1. The minimum absolute atomic E-state index is 0.0616. The first kappa shape index (κ1) is 20.2. The average Bonchev–Trinajstić information content (AvgIpc) is 2.81. The molecule has 1 N–H and O–H groups in total. The molecule has 30 heavy (non-hydrogen) atoms. The van der Waals surface area contributed by atoms with E-state index >= 15 is 0 Å². The topological polar surface area (TPSA) is 74.8 Å². The lowest BCUT2D eigenvalue weighted by atomic mass is 10.1. The Morgan fingerprint density at radius 3 is 2.63 bits per heavy atom. The molecule has 4 rings (SSSR count). The number of fused-ring (bicyclic) bond motifs is 1. The van der Waals surface area contributed by atoms with Gasteiger partial charge in [0.2, 0.25) is 11.8 Å². The Kier molecular flexibility index (Phi) is 6.47. The van der Waals surface area contributed by atoms with Gasteiger partial charge in [-0.05, 0) is 43.0 Å². The highest BCUT2D eigenvalue weighted by atomic mass is 16.5. The number of rotatable bonds is 6. The van der Waals surface area contributed by atoms with Crippen LogP contribution in [0.25, 0.3) is 0 Å². The molecule has 1 saturated heterocycles. The molecule has 2 aromatic rings. The SMILES string of the molecule is O=C(CCC(=O)N1CCOc2ccccc21)NCc1ccc(N2CCCCC2)nc1. The van der Waals surface area contributed by atoms with E-state index in [1.165, 1.54) is 19.3 Å². The Morgan fingerprint density at radius 1 is 1.00 bits per heavy atom. The van der Waals surface area contributed by atoms with E-state index in [0.29, 0.717) is 25.4 Å². The zero-order chi connectivity index (χ0) is 20.8. The van der Waals surface area contributed by atoms with E-state index in [4.69, 9.17) is 4.74 Å². The molecule has 3 heterocycles. The van der Waals surface area contributed by atoms with Crippen LogP contribution in [0.3, 0.4) is 0 Å². The highest BCUT2D eigenvalue weighted by Crippen LogP contribution is 2.31. The number of carbonyl (C=O) groups excluding carboxylic acids is 2. The third-order valence-corrected chi connectivity index (χ3v) is 5.57. The molecule has 0 bridgehead atoms. The second-order valence-electron chi connectivity index (χ2n) is 7.71. The van der Waals surface area contributed by atoms with E-state index in [9.17, 15) is 9.59 Å². The fourth-order valence-electron chi connectivity index (χ4n) is 3.90. The Labute approximate surface area is 177 Å². The van der Waals surface area contributed by atoms with Crippen molar-refractivity contribution in [2.45, 2.75) is 38.6 Å². The first-order valence-electron chi connectivity index (χ1n) is 10.7. The number of nitrogens with one attached hydrogen (secondary N) is 1. The molecule has 1 aromatic heterocycles. The number of amides is 2. The van der Waals surface area contributed by atoms with E-state index in [-0.39, 0.29) is 24.7 Å². The summed E-state index contributed by atoms with van der Waals surface area (Å²) in [6.07, 6.45) is 5.88. The highest BCUT2D eigenvalue weighted by molar-refractivity contribution is 5.97. The first-order chi connectivity index (χ1) is 14.7. The van der Waals surface area contributed by atoms with E-state index in [1.807, 2.05) is 42.6 Å². The predicted molar refractivity (Wildman–Crippen MR) is 116 cm³/mol. The summed E-state index contributed by atoms with van der Waals surface area (Å²) >= 11 is 0. The normalized spacial score (nSPS) is 15.9. The summed E-state index contributed by atoms with van der Waals surface area (Å²) in [7, 11) is 0. The van der Waals surface area contributed by atoms with Crippen molar-refractivity contribution >= 4 is 23.3 Å². The molecule has 2 amide bonds. The fraction of sp³-hybridized carbons (Fsp3) is 0.435. The smallest absolute Gasteiger partial charge is 0.227 e. The van der Waals surface area contributed by atoms with Crippen LogP contribution in [-0.2, 0) is 16.1 Å². The van der Waals surface area contributed by atoms with Crippen molar-refractivity contribution in [3.05, 3.63) is 48.2 Å². The van der Waals surface area contributed by atoms with Gasteiger partial charge in [-0.15, -0.1) is 0 Å². The molecule has 1 aromatic carbocycles.